The van der Waals surface area contributed by atoms with Crippen molar-refractivity contribution in [3.63, 3.8) is 0 Å². The minimum atomic E-state index is 1.02. The molecule has 1 aliphatic carbocycles. The third-order valence-electron chi connectivity index (χ3n) is 5.44. The minimum absolute atomic E-state index is 1.02. The Hall–Kier alpha value is -3.06. The number of hydrogen-bond acceptors (Lipinski definition) is 0. The lowest BCUT2D eigenvalue weighted by atomic mass is 9.98. The summed E-state index contributed by atoms with van der Waals surface area (Å²) in [7, 11) is 0. The monoisotopic (exact) mass is 305 g/mol. The molecular weight excluding hydrogens is 290 g/mol. The van der Waals surface area contributed by atoms with Gasteiger partial charge >= 0.3 is 0 Å². The van der Waals surface area contributed by atoms with E-state index in [2.05, 4.69) is 83.4 Å². The van der Waals surface area contributed by atoms with E-state index >= 15 is 0 Å². The van der Waals surface area contributed by atoms with Crippen molar-refractivity contribution in [1.29, 1.82) is 0 Å². The largest absolute Gasteiger partial charge is 0.316 e. The first-order chi connectivity index (χ1) is 11.9. The SMILES string of the molecule is c1ccc2c(c1)Cc1c-2ccc2c3ccccc3c3cccn3c12. The van der Waals surface area contributed by atoms with Crippen LogP contribution in [0.1, 0.15) is 11.1 Å². The minimum Gasteiger partial charge on any atom is -0.316 e. The van der Waals surface area contributed by atoms with Gasteiger partial charge in [-0.3, -0.25) is 0 Å². The molecule has 0 radical (unpaired) electrons. The van der Waals surface area contributed by atoms with Crippen LogP contribution < -0.4 is 0 Å². The highest BCUT2D eigenvalue weighted by Gasteiger charge is 2.22. The fourth-order valence-corrected chi connectivity index (χ4v) is 4.42. The maximum atomic E-state index is 2.38. The lowest BCUT2D eigenvalue weighted by Crippen LogP contribution is -1.94. The van der Waals surface area contributed by atoms with Crippen molar-refractivity contribution in [3.8, 4) is 11.1 Å². The summed E-state index contributed by atoms with van der Waals surface area (Å²) < 4.78 is 2.38. The summed E-state index contributed by atoms with van der Waals surface area (Å²) in [6.07, 6.45) is 3.22. The van der Waals surface area contributed by atoms with Crippen LogP contribution in [0.15, 0.2) is 79.0 Å². The van der Waals surface area contributed by atoms with Gasteiger partial charge in [0.1, 0.15) is 0 Å². The van der Waals surface area contributed by atoms with E-state index in [1.165, 1.54) is 49.4 Å². The van der Waals surface area contributed by atoms with Gasteiger partial charge in [-0.05, 0) is 39.8 Å². The van der Waals surface area contributed by atoms with Crippen LogP contribution in [0.5, 0.6) is 0 Å². The van der Waals surface area contributed by atoms with Gasteiger partial charge in [0.25, 0.3) is 0 Å². The second-order valence-electron chi connectivity index (χ2n) is 6.63. The molecule has 0 aliphatic heterocycles. The molecule has 3 aromatic carbocycles. The van der Waals surface area contributed by atoms with Crippen molar-refractivity contribution in [2.45, 2.75) is 6.42 Å². The molecule has 0 amide bonds. The van der Waals surface area contributed by atoms with Crippen molar-refractivity contribution >= 4 is 27.2 Å². The average molecular weight is 305 g/mol. The normalized spacial score (nSPS) is 12.8. The van der Waals surface area contributed by atoms with E-state index in [-0.39, 0.29) is 0 Å². The topological polar surface area (TPSA) is 4.41 Å². The Balaban J connectivity index is 1.88. The number of nitrogens with zero attached hydrogens (tertiary/aromatic N) is 1. The Morgan fingerprint density at radius 3 is 2.42 bits per heavy atom. The van der Waals surface area contributed by atoms with Gasteiger partial charge in [0.2, 0.25) is 0 Å². The standard InChI is InChI=1S/C23H15N/c1-2-7-16-15(6-1)14-21-18(16)11-12-20-17-8-3-4-9-19(17)22-10-5-13-24(22)23(20)21/h1-13H,14H2. The Morgan fingerprint density at radius 1 is 0.625 bits per heavy atom. The summed E-state index contributed by atoms with van der Waals surface area (Å²) in [4.78, 5) is 0. The van der Waals surface area contributed by atoms with Crippen molar-refractivity contribution in [3.05, 3.63) is 90.1 Å². The molecule has 2 aromatic heterocycles. The Kier molecular flexibility index (Phi) is 2.20. The third kappa shape index (κ3) is 1.40. The highest BCUT2D eigenvalue weighted by Crippen LogP contribution is 2.42. The zero-order valence-electron chi connectivity index (χ0n) is 13.2. The molecule has 0 spiro atoms. The first-order valence-electron chi connectivity index (χ1n) is 8.43. The van der Waals surface area contributed by atoms with E-state index in [4.69, 9.17) is 0 Å². The maximum Gasteiger partial charge on any atom is 0.0575 e. The highest BCUT2D eigenvalue weighted by atomic mass is 14.9. The van der Waals surface area contributed by atoms with E-state index in [0.29, 0.717) is 0 Å². The van der Waals surface area contributed by atoms with Crippen molar-refractivity contribution in [2.24, 2.45) is 0 Å². The Morgan fingerprint density at radius 2 is 1.46 bits per heavy atom. The molecular formula is C23H15N. The van der Waals surface area contributed by atoms with Gasteiger partial charge in [-0.15, -0.1) is 0 Å². The highest BCUT2D eigenvalue weighted by molar-refractivity contribution is 6.14. The molecule has 1 heteroatoms. The van der Waals surface area contributed by atoms with Crippen LogP contribution in [0, 0.1) is 0 Å². The molecule has 1 nitrogen and oxygen atoms in total. The molecule has 0 N–H and O–H groups in total. The predicted octanol–water partition coefficient (Wildman–Crippen LogP) is 5.82. The van der Waals surface area contributed by atoms with Crippen LogP contribution in [0.2, 0.25) is 0 Å². The lowest BCUT2D eigenvalue weighted by Gasteiger charge is -2.13. The van der Waals surface area contributed by atoms with Crippen molar-refractivity contribution in [1.82, 2.24) is 4.40 Å². The number of benzene rings is 3. The van der Waals surface area contributed by atoms with Gasteiger partial charge in [-0.25, -0.2) is 0 Å². The molecule has 0 unspecified atom stereocenters. The summed E-state index contributed by atoms with van der Waals surface area (Å²) in [5, 5.41) is 4.02. The van der Waals surface area contributed by atoms with Crippen LogP contribution >= 0.6 is 0 Å². The average Bonchev–Trinajstić information content (AvgIpc) is 3.26. The van der Waals surface area contributed by atoms with E-state index in [9.17, 15) is 0 Å². The first kappa shape index (κ1) is 12.4. The van der Waals surface area contributed by atoms with E-state index in [1.54, 1.807) is 0 Å². The molecule has 5 aromatic rings. The molecule has 24 heavy (non-hydrogen) atoms. The summed E-state index contributed by atoms with van der Waals surface area (Å²) in [5.74, 6) is 0. The van der Waals surface area contributed by atoms with Crippen LogP contribution in [0.4, 0.5) is 0 Å². The summed E-state index contributed by atoms with van der Waals surface area (Å²) >= 11 is 0. The fourth-order valence-electron chi connectivity index (χ4n) is 4.42. The number of hydrogen-bond donors (Lipinski definition) is 0. The van der Waals surface area contributed by atoms with Gasteiger partial charge in [0, 0.05) is 23.4 Å². The second kappa shape index (κ2) is 4.27. The van der Waals surface area contributed by atoms with Crippen LogP contribution in [0.25, 0.3) is 38.3 Å². The maximum absolute atomic E-state index is 2.38. The van der Waals surface area contributed by atoms with Gasteiger partial charge in [-0.2, -0.15) is 0 Å². The summed E-state index contributed by atoms with van der Waals surface area (Å²) in [6.45, 7) is 0. The summed E-state index contributed by atoms with van der Waals surface area (Å²) in [6, 6.07) is 26.5. The van der Waals surface area contributed by atoms with Crippen LogP contribution in [0.3, 0.4) is 0 Å². The molecule has 0 bridgehead atoms. The zero-order chi connectivity index (χ0) is 15.7. The van der Waals surface area contributed by atoms with Gasteiger partial charge < -0.3 is 4.40 Å². The second-order valence-corrected chi connectivity index (χ2v) is 6.63. The van der Waals surface area contributed by atoms with Gasteiger partial charge in [0.15, 0.2) is 0 Å². The number of pyridine rings is 1. The Labute approximate surface area is 139 Å². The molecule has 6 rings (SSSR count). The van der Waals surface area contributed by atoms with E-state index < -0.39 is 0 Å². The van der Waals surface area contributed by atoms with Gasteiger partial charge in [-0.1, -0.05) is 60.7 Å². The predicted molar refractivity (Wildman–Crippen MR) is 101 cm³/mol. The van der Waals surface area contributed by atoms with Crippen LogP contribution in [-0.4, -0.2) is 4.40 Å². The molecule has 0 saturated carbocycles. The molecule has 112 valence electrons. The molecule has 0 atom stereocenters. The Bertz CT molecular complexity index is 1270. The molecule has 2 heterocycles. The number of rotatable bonds is 0. The third-order valence-corrected chi connectivity index (χ3v) is 5.44. The smallest absolute Gasteiger partial charge is 0.0575 e. The van der Waals surface area contributed by atoms with Crippen LogP contribution in [-0.2, 0) is 6.42 Å². The number of fused-ring (bicyclic) bond motifs is 10. The quantitative estimate of drug-likeness (QED) is 0.312. The molecule has 1 aliphatic rings. The van der Waals surface area contributed by atoms with Crippen molar-refractivity contribution in [2.75, 3.05) is 0 Å². The molecule has 0 saturated heterocycles. The summed E-state index contributed by atoms with van der Waals surface area (Å²) in [5.41, 5.74) is 8.34. The fraction of sp³-hybridized carbons (Fsp3) is 0.0435. The molecule has 0 fully saturated rings. The lowest BCUT2D eigenvalue weighted by molar-refractivity contribution is 1.22. The number of aromatic nitrogens is 1. The van der Waals surface area contributed by atoms with Gasteiger partial charge in [0.05, 0.1) is 11.0 Å². The first-order valence-corrected chi connectivity index (χ1v) is 8.43. The van der Waals surface area contributed by atoms with E-state index in [1.807, 2.05) is 0 Å². The van der Waals surface area contributed by atoms with E-state index in [0.717, 1.165) is 6.42 Å². The van der Waals surface area contributed by atoms with Crippen molar-refractivity contribution < 1.29 is 0 Å². The zero-order valence-corrected chi connectivity index (χ0v) is 13.2.